The van der Waals surface area contributed by atoms with Crippen molar-refractivity contribution in [2.45, 2.75) is 12.8 Å². The lowest BCUT2D eigenvalue weighted by molar-refractivity contribution is -0.148. The van der Waals surface area contributed by atoms with Crippen molar-refractivity contribution in [2.24, 2.45) is 0 Å². The largest absolute Gasteiger partial charge is 0.475 e. The first-order chi connectivity index (χ1) is 9.95. The highest BCUT2D eigenvalue weighted by molar-refractivity contribution is 6.37. The summed E-state index contributed by atoms with van der Waals surface area (Å²) in [5, 5.41) is 8.48. The minimum absolute atomic E-state index is 0.301. The molecule has 0 aliphatic carbocycles. The molecule has 4 N–H and O–H groups in total. The number of Topliss-reactive ketones (excluding diaryl/α,β-unsaturated/α-hetero) is 2. The summed E-state index contributed by atoms with van der Waals surface area (Å²) >= 11 is 0. The smallest absolute Gasteiger partial charge is 0.372 e. The van der Waals surface area contributed by atoms with Gasteiger partial charge in [-0.15, -0.1) is 0 Å². The lowest BCUT2D eigenvalue weighted by Gasteiger charge is -1.99. The molecule has 0 radical (unpaired) electrons. The van der Waals surface area contributed by atoms with Crippen LogP contribution in [0.15, 0.2) is 36.5 Å². The van der Waals surface area contributed by atoms with Gasteiger partial charge >= 0.3 is 5.97 Å². The Hall–Kier alpha value is -2.89. The second kappa shape index (κ2) is 6.04. The molecule has 0 atom stereocenters. The quantitative estimate of drug-likeness (QED) is 0.321. The molecule has 108 valence electrons. The summed E-state index contributed by atoms with van der Waals surface area (Å²) in [6, 6.07) is 8.96. The molecular formula is C15H14N2O4. The van der Waals surface area contributed by atoms with E-state index in [4.69, 9.17) is 10.8 Å². The number of hydrogen-bond acceptors (Lipinski definition) is 4. The highest BCUT2D eigenvalue weighted by Gasteiger charge is 2.18. The second-order valence-electron chi connectivity index (χ2n) is 4.66. The van der Waals surface area contributed by atoms with Gasteiger partial charge in [-0.3, -0.25) is 9.59 Å². The van der Waals surface area contributed by atoms with Crippen LogP contribution in [0.3, 0.4) is 0 Å². The molecule has 21 heavy (non-hydrogen) atoms. The van der Waals surface area contributed by atoms with Gasteiger partial charge in [0.05, 0.1) is 6.42 Å². The van der Waals surface area contributed by atoms with Crippen LogP contribution in [0.25, 0.3) is 0 Å². The van der Waals surface area contributed by atoms with Gasteiger partial charge in [0, 0.05) is 29.6 Å². The Labute approximate surface area is 120 Å². The fourth-order valence-electron chi connectivity index (χ4n) is 1.88. The predicted molar refractivity (Wildman–Crippen MR) is 76.0 cm³/mol. The minimum Gasteiger partial charge on any atom is -0.475 e. The minimum atomic E-state index is -1.60. The molecule has 0 bridgehead atoms. The number of hydrogen-bond donors (Lipinski definition) is 3. The van der Waals surface area contributed by atoms with E-state index in [0.29, 0.717) is 17.7 Å². The number of nitrogen functional groups attached to an aromatic ring is 1. The van der Waals surface area contributed by atoms with Crippen LogP contribution in [0.4, 0.5) is 5.69 Å². The number of carbonyl (C=O) groups excluding carboxylic acids is 2. The average Bonchev–Trinajstić information content (AvgIpc) is 2.90. The van der Waals surface area contributed by atoms with Crippen LogP contribution < -0.4 is 5.73 Å². The Bertz CT molecular complexity index is 686. The predicted octanol–water partition coefficient (Wildman–Crippen LogP) is 1.41. The molecule has 0 saturated carbocycles. The van der Waals surface area contributed by atoms with Crippen molar-refractivity contribution >= 4 is 23.2 Å². The summed E-state index contributed by atoms with van der Waals surface area (Å²) in [4.78, 5) is 36.1. The van der Waals surface area contributed by atoms with Crippen LogP contribution >= 0.6 is 0 Å². The van der Waals surface area contributed by atoms with E-state index < -0.39 is 24.0 Å². The van der Waals surface area contributed by atoms with E-state index in [2.05, 4.69) is 4.98 Å². The topological polar surface area (TPSA) is 113 Å². The summed E-state index contributed by atoms with van der Waals surface area (Å²) in [7, 11) is 0. The van der Waals surface area contributed by atoms with Gasteiger partial charge in [-0.05, 0) is 23.8 Å². The number of aromatic nitrogens is 1. The molecule has 1 aromatic heterocycles. The third-order valence-electron chi connectivity index (χ3n) is 3.00. The van der Waals surface area contributed by atoms with Gasteiger partial charge in [0.15, 0.2) is 5.78 Å². The van der Waals surface area contributed by atoms with E-state index >= 15 is 0 Å². The first-order valence-electron chi connectivity index (χ1n) is 6.26. The normalized spacial score (nSPS) is 10.3. The van der Waals surface area contributed by atoms with Gasteiger partial charge in [-0.25, -0.2) is 4.79 Å². The number of rotatable bonds is 6. The van der Waals surface area contributed by atoms with Crippen molar-refractivity contribution in [2.75, 3.05) is 5.73 Å². The monoisotopic (exact) mass is 286 g/mol. The number of benzene rings is 1. The molecule has 0 spiro atoms. The van der Waals surface area contributed by atoms with E-state index in [1.165, 1.54) is 6.20 Å². The Morgan fingerprint density at radius 3 is 2.43 bits per heavy atom. The number of carboxylic acid groups (broad SMARTS) is 1. The zero-order valence-corrected chi connectivity index (χ0v) is 11.1. The van der Waals surface area contributed by atoms with E-state index in [-0.39, 0.29) is 0 Å². The molecule has 1 heterocycles. The van der Waals surface area contributed by atoms with Crippen molar-refractivity contribution in [3.8, 4) is 0 Å². The van der Waals surface area contributed by atoms with Crippen LogP contribution in [0.2, 0.25) is 0 Å². The van der Waals surface area contributed by atoms with Gasteiger partial charge < -0.3 is 15.8 Å². The standard InChI is InChI=1S/C15H14N2O4/c16-11-3-1-9(2-4-11)5-12-6-10(8-17-12)13(18)7-14(19)15(20)21/h1-4,6,8,17H,5,7,16H2,(H,20,21). The molecule has 1 aromatic carbocycles. The van der Waals surface area contributed by atoms with Gasteiger partial charge in [0.2, 0.25) is 5.78 Å². The molecule has 0 aliphatic rings. The average molecular weight is 286 g/mol. The molecule has 0 fully saturated rings. The Morgan fingerprint density at radius 2 is 1.81 bits per heavy atom. The third kappa shape index (κ3) is 3.79. The SMILES string of the molecule is Nc1ccc(Cc2cc(C(=O)CC(=O)C(=O)O)c[nH]2)cc1. The maximum atomic E-state index is 11.7. The van der Waals surface area contributed by atoms with Crippen molar-refractivity contribution in [1.82, 2.24) is 4.98 Å². The summed E-state index contributed by atoms with van der Waals surface area (Å²) in [5.74, 6) is -3.22. The summed E-state index contributed by atoms with van der Waals surface area (Å²) in [5.41, 5.74) is 8.39. The number of anilines is 1. The number of carboxylic acids is 1. The van der Waals surface area contributed by atoms with E-state index in [9.17, 15) is 14.4 Å². The van der Waals surface area contributed by atoms with Crippen LogP contribution in [0.1, 0.15) is 28.0 Å². The number of H-pyrrole nitrogens is 1. The Kier molecular flexibility index (Phi) is 4.18. The lowest BCUT2D eigenvalue weighted by Crippen LogP contribution is -2.16. The maximum absolute atomic E-state index is 11.7. The first-order valence-corrected chi connectivity index (χ1v) is 6.26. The molecule has 0 unspecified atom stereocenters. The summed E-state index contributed by atoms with van der Waals surface area (Å²) in [6.07, 6.45) is 1.43. The second-order valence-corrected chi connectivity index (χ2v) is 4.66. The Morgan fingerprint density at radius 1 is 1.14 bits per heavy atom. The molecule has 6 nitrogen and oxygen atoms in total. The van der Waals surface area contributed by atoms with Crippen molar-refractivity contribution in [1.29, 1.82) is 0 Å². The molecule has 0 saturated heterocycles. The number of nitrogens with one attached hydrogen (secondary N) is 1. The van der Waals surface area contributed by atoms with E-state index in [1.807, 2.05) is 12.1 Å². The van der Waals surface area contributed by atoms with Crippen LogP contribution in [0, 0.1) is 0 Å². The molecular weight excluding hydrogens is 272 g/mol. The molecule has 0 aliphatic heterocycles. The summed E-state index contributed by atoms with van der Waals surface area (Å²) < 4.78 is 0. The van der Waals surface area contributed by atoms with Crippen molar-refractivity contribution < 1.29 is 19.5 Å². The number of ketones is 2. The van der Waals surface area contributed by atoms with Gasteiger partial charge in [0.1, 0.15) is 0 Å². The highest BCUT2D eigenvalue weighted by Crippen LogP contribution is 2.13. The fraction of sp³-hybridized carbons (Fsp3) is 0.133. The number of carbonyl (C=O) groups is 3. The van der Waals surface area contributed by atoms with Crippen molar-refractivity contribution in [3.63, 3.8) is 0 Å². The van der Waals surface area contributed by atoms with Gasteiger partial charge in [0.25, 0.3) is 0 Å². The molecule has 2 rings (SSSR count). The number of aliphatic carboxylic acids is 1. The number of nitrogens with two attached hydrogens (primary N) is 1. The third-order valence-corrected chi connectivity index (χ3v) is 3.00. The van der Waals surface area contributed by atoms with E-state index in [1.54, 1.807) is 18.2 Å². The zero-order valence-electron chi connectivity index (χ0n) is 11.1. The van der Waals surface area contributed by atoms with Crippen LogP contribution in [-0.4, -0.2) is 27.6 Å². The maximum Gasteiger partial charge on any atom is 0.372 e. The summed E-state index contributed by atoms with van der Waals surface area (Å²) in [6.45, 7) is 0. The first kappa shape index (κ1) is 14.5. The Balaban J connectivity index is 2.04. The molecule has 0 amide bonds. The van der Waals surface area contributed by atoms with Gasteiger partial charge in [-0.1, -0.05) is 12.1 Å². The number of aromatic amines is 1. The van der Waals surface area contributed by atoms with Crippen molar-refractivity contribution in [3.05, 3.63) is 53.3 Å². The zero-order chi connectivity index (χ0) is 15.4. The highest BCUT2D eigenvalue weighted by atomic mass is 16.4. The fourth-order valence-corrected chi connectivity index (χ4v) is 1.88. The molecule has 6 heteroatoms. The van der Waals surface area contributed by atoms with Gasteiger partial charge in [-0.2, -0.15) is 0 Å². The van der Waals surface area contributed by atoms with E-state index in [0.717, 1.165) is 11.3 Å². The van der Waals surface area contributed by atoms with Crippen LogP contribution in [-0.2, 0) is 16.0 Å². The van der Waals surface area contributed by atoms with Crippen LogP contribution in [0.5, 0.6) is 0 Å². The lowest BCUT2D eigenvalue weighted by atomic mass is 10.1. The molecule has 2 aromatic rings.